The van der Waals surface area contributed by atoms with Gasteiger partial charge in [-0.25, -0.2) is 0 Å². The standard InChI is InChI=1S/C10H16N4OS/c1-3-8(9(11)16)10(15)14-6(2)7-4-12-13-5-7/h4-6,8H,3H2,1-2H3,(H2,11,16)(H,12,13)(H,14,15). The van der Waals surface area contributed by atoms with Crippen molar-refractivity contribution >= 4 is 23.1 Å². The number of hydrogen-bond donors (Lipinski definition) is 3. The number of carbonyl (C=O) groups excluding carboxylic acids is 1. The Balaban J connectivity index is 2.60. The highest BCUT2D eigenvalue weighted by atomic mass is 32.1. The molecule has 6 heteroatoms. The molecule has 0 aliphatic heterocycles. The van der Waals surface area contributed by atoms with Crippen molar-refractivity contribution in [3.63, 3.8) is 0 Å². The first-order valence-corrected chi connectivity index (χ1v) is 5.55. The highest BCUT2D eigenvalue weighted by Crippen LogP contribution is 2.11. The van der Waals surface area contributed by atoms with Crippen molar-refractivity contribution in [2.24, 2.45) is 11.7 Å². The summed E-state index contributed by atoms with van der Waals surface area (Å²) in [6, 6.07) is -0.102. The van der Waals surface area contributed by atoms with Crippen molar-refractivity contribution < 1.29 is 4.79 Å². The summed E-state index contributed by atoms with van der Waals surface area (Å²) >= 11 is 4.84. The van der Waals surface area contributed by atoms with Crippen LogP contribution in [0.5, 0.6) is 0 Å². The Morgan fingerprint density at radius 1 is 1.75 bits per heavy atom. The van der Waals surface area contributed by atoms with Gasteiger partial charge in [-0.05, 0) is 13.3 Å². The van der Waals surface area contributed by atoms with Crippen LogP contribution >= 0.6 is 12.2 Å². The van der Waals surface area contributed by atoms with Gasteiger partial charge in [0.1, 0.15) is 0 Å². The van der Waals surface area contributed by atoms with E-state index in [-0.39, 0.29) is 16.9 Å². The molecule has 2 unspecified atom stereocenters. The van der Waals surface area contributed by atoms with Crippen LogP contribution in [0.4, 0.5) is 0 Å². The Labute approximate surface area is 99.8 Å². The van der Waals surface area contributed by atoms with Crippen LogP contribution in [0.25, 0.3) is 0 Å². The minimum Gasteiger partial charge on any atom is -0.393 e. The van der Waals surface area contributed by atoms with Crippen molar-refractivity contribution in [3.05, 3.63) is 18.0 Å². The first-order valence-electron chi connectivity index (χ1n) is 5.14. The molecule has 5 nitrogen and oxygen atoms in total. The van der Waals surface area contributed by atoms with E-state index >= 15 is 0 Å². The third kappa shape index (κ3) is 3.03. The molecule has 1 amide bonds. The van der Waals surface area contributed by atoms with Crippen LogP contribution < -0.4 is 11.1 Å². The van der Waals surface area contributed by atoms with Gasteiger partial charge < -0.3 is 11.1 Å². The van der Waals surface area contributed by atoms with Crippen LogP contribution in [0.3, 0.4) is 0 Å². The minimum absolute atomic E-state index is 0.102. The van der Waals surface area contributed by atoms with E-state index in [0.29, 0.717) is 6.42 Å². The first-order chi connectivity index (χ1) is 7.56. The van der Waals surface area contributed by atoms with Gasteiger partial charge in [0.15, 0.2) is 0 Å². The second-order valence-electron chi connectivity index (χ2n) is 3.63. The van der Waals surface area contributed by atoms with Gasteiger partial charge in [-0.15, -0.1) is 0 Å². The van der Waals surface area contributed by atoms with Gasteiger partial charge in [0.2, 0.25) is 5.91 Å². The normalized spacial score (nSPS) is 14.1. The van der Waals surface area contributed by atoms with Gasteiger partial charge in [0.25, 0.3) is 0 Å². The molecule has 0 aromatic carbocycles. The van der Waals surface area contributed by atoms with Crippen LogP contribution in [0.2, 0.25) is 0 Å². The number of nitrogens with zero attached hydrogens (tertiary/aromatic N) is 1. The topological polar surface area (TPSA) is 83.8 Å². The molecule has 0 saturated carbocycles. The van der Waals surface area contributed by atoms with Gasteiger partial charge in [-0.1, -0.05) is 19.1 Å². The van der Waals surface area contributed by atoms with Crippen LogP contribution in [0.15, 0.2) is 12.4 Å². The van der Waals surface area contributed by atoms with E-state index in [1.165, 1.54) is 0 Å². The summed E-state index contributed by atoms with van der Waals surface area (Å²) in [6.07, 6.45) is 4.03. The third-order valence-electron chi connectivity index (χ3n) is 2.45. The zero-order chi connectivity index (χ0) is 12.1. The maximum Gasteiger partial charge on any atom is 0.230 e. The van der Waals surface area contributed by atoms with Gasteiger partial charge in [0, 0.05) is 11.8 Å². The lowest BCUT2D eigenvalue weighted by Crippen LogP contribution is -2.38. The molecular weight excluding hydrogens is 224 g/mol. The lowest BCUT2D eigenvalue weighted by molar-refractivity contribution is -0.123. The van der Waals surface area contributed by atoms with Gasteiger partial charge >= 0.3 is 0 Å². The lowest BCUT2D eigenvalue weighted by Gasteiger charge is -2.17. The molecular formula is C10H16N4OS. The SMILES string of the molecule is CCC(C(=O)NC(C)c1cn[nH]c1)C(N)=S. The molecule has 16 heavy (non-hydrogen) atoms. The third-order valence-corrected chi connectivity index (χ3v) is 2.73. The molecule has 88 valence electrons. The number of hydrogen-bond acceptors (Lipinski definition) is 3. The van der Waals surface area contributed by atoms with Crippen molar-refractivity contribution in [2.45, 2.75) is 26.3 Å². The fourth-order valence-electron chi connectivity index (χ4n) is 1.41. The van der Waals surface area contributed by atoms with Crippen molar-refractivity contribution in [2.75, 3.05) is 0 Å². The summed E-state index contributed by atoms with van der Waals surface area (Å²) in [7, 11) is 0. The summed E-state index contributed by atoms with van der Waals surface area (Å²) in [6.45, 7) is 3.76. The molecule has 0 saturated heterocycles. The Hall–Kier alpha value is -1.43. The average Bonchev–Trinajstić information content (AvgIpc) is 2.70. The number of nitrogens with two attached hydrogens (primary N) is 1. The number of aromatic amines is 1. The Morgan fingerprint density at radius 3 is 2.88 bits per heavy atom. The average molecular weight is 240 g/mol. The van der Waals surface area contributed by atoms with Crippen molar-refractivity contribution in [1.82, 2.24) is 15.5 Å². The van der Waals surface area contributed by atoms with E-state index in [4.69, 9.17) is 18.0 Å². The number of H-pyrrole nitrogens is 1. The second-order valence-corrected chi connectivity index (χ2v) is 4.10. The zero-order valence-electron chi connectivity index (χ0n) is 9.36. The molecule has 0 aliphatic carbocycles. The largest absolute Gasteiger partial charge is 0.393 e. The number of carbonyl (C=O) groups is 1. The number of thiocarbonyl (C=S) groups is 1. The summed E-state index contributed by atoms with van der Waals surface area (Å²) in [5.41, 5.74) is 6.42. The molecule has 0 bridgehead atoms. The second kappa shape index (κ2) is 5.60. The van der Waals surface area contributed by atoms with E-state index in [2.05, 4.69) is 15.5 Å². The van der Waals surface area contributed by atoms with E-state index in [0.717, 1.165) is 5.56 Å². The summed E-state index contributed by atoms with van der Waals surface area (Å²) in [5, 5.41) is 9.37. The molecule has 2 atom stereocenters. The van der Waals surface area contributed by atoms with E-state index in [9.17, 15) is 4.79 Å². The maximum atomic E-state index is 11.8. The number of amides is 1. The highest BCUT2D eigenvalue weighted by Gasteiger charge is 2.21. The predicted octanol–water partition coefficient (Wildman–Crippen LogP) is 0.899. The van der Waals surface area contributed by atoms with Crippen LogP contribution in [-0.2, 0) is 4.79 Å². The van der Waals surface area contributed by atoms with Gasteiger partial charge in [0.05, 0.1) is 23.1 Å². The van der Waals surface area contributed by atoms with Crippen LogP contribution in [0, 0.1) is 5.92 Å². The number of nitrogens with one attached hydrogen (secondary N) is 2. The van der Waals surface area contributed by atoms with Gasteiger partial charge in [-0.2, -0.15) is 5.10 Å². The molecule has 0 radical (unpaired) electrons. The zero-order valence-corrected chi connectivity index (χ0v) is 10.2. The molecule has 1 aromatic rings. The first kappa shape index (κ1) is 12.6. The fourth-order valence-corrected chi connectivity index (χ4v) is 1.68. The smallest absolute Gasteiger partial charge is 0.230 e. The molecule has 0 fully saturated rings. The molecule has 4 N–H and O–H groups in total. The summed E-state index contributed by atoms with van der Waals surface area (Å²) < 4.78 is 0. The molecule has 1 heterocycles. The molecule has 1 aromatic heterocycles. The van der Waals surface area contributed by atoms with Gasteiger partial charge in [-0.3, -0.25) is 9.89 Å². The Kier molecular flexibility index (Phi) is 4.42. The molecule has 0 aliphatic rings. The Bertz CT molecular complexity index is 363. The fraction of sp³-hybridized carbons (Fsp3) is 0.500. The van der Waals surface area contributed by atoms with E-state index in [1.807, 2.05) is 13.8 Å². The maximum absolute atomic E-state index is 11.8. The predicted molar refractivity (Wildman–Crippen MR) is 65.7 cm³/mol. The quantitative estimate of drug-likeness (QED) is 0.668. The highest BCUT2D eigenvalue weighted by molar-refractivity contribution is 7.80. The molecule has 0 spiro atoms. The number of aromatic nitrogens is 2. The van der Waals surface area contributed by atoms with Crippen molar-refractivity contribution in [1.29, 1.82) is 0 Å². The van der Waals surface area contributed by atoms with E-state index < -0.39 is 5.92 Å². The van der Waals surface area contributed by atoms with Crippen LogP contribution in [-0.4, -0.2) is 21.1 Å². The Morgan fingerprint density at radius 2 is 2.44 bits per heavy atom. The summed E-state index contributed by atoms with van der Waals surface area (Å²) in [4.78, 5) is 12.0. The monoisotopic (exact) mass is 240 g/mol. The molecule has 1 rings (SSSR count). The minimum atomic E-state index is -0.399. The number of rotatable bonds is 5. The summed E-state index contributed by atoms with van der Waals surface area (Å²) in [5.74, 6) is -0.534. The lowest BCUT2D eigenvalue weighted by atomic mass is 10.0. The van der Waals surface area contributed by atoms with Crippen molar-refractivity contribution in [3.8, 4) is 0 Å². The van der Waals surface area contributed by atoms with Crippen LogP contribution in [0.1, 0.15) is 31.9 Å². The van der Waals surface area contributed by atoms with E-state index in [1.54, 1.807) is 12.4 Å².